The molecule has 2 aliphatic heterocycles. The van der Waals surface area contributed by atoms with E-state index in [4.69, 9.17) is 0 Å². The standard InChI is InChI=1S/C60H62BN3/c1-57(2,3)40-28-31-46(32-29-40)63-51-33-30-41(58(4,5)6)37-50(51)61-54-47(34-43(38-52(54)63)60(10,11)12)48-35-42(59(7,8)9)36-49-53(39-22-16-13-17-23-39)56(64(61)55(48)49)62(44-24-18-14-19-25-44)45-26-20-15-21-27-45/h13-38H,1-12H3. The van der Waals surface area contributed by atoms with Crippen LogP contribution >= 0.6 is 0 Å². The molecule has 320 valence electrons. The molecule has 4 heteroatoms. The van der Waals surface area contributed by atoms with Crippen LogP contribution in [-0.4, -0.2) is 11.3 Å². The predicted molar refractivity (Wildman–Crippen MR) is 277 cm³/mol. The number of para-hydroxylation sites is 2. The van der Waals surface area contributed by atoms with Crippen LogP contribution in [0, 0.1) is 0 Å². The van der Waals surface area contributed by atoms with Crippen molar-refractivity contribution in [1.82, 2.24) is 4.48 Å². The van der Waals surface area contributed by atoms with E-state index in [2.05, 4.69) is 255 Å². The molecule has 0 aliphatic carbocycles. The molecule has 0 fully saturated rings. The Bertz CT molecular complexity index is 3020. The summed E-state index contributed by atoms with van der Waals surface area (Å²) >= 11 is 0. The molecule has 10 rings (SSSR count). The summed E-state index contributed by atoms with van der Waals surface area (Å²) in [5.41, 5.74) is 20.0. The molecule has 64 heavy (non-hydrogen) atoms. The fraction of sp³-hybridized carbons (Fsp3) is 0.267. The lowest BCUT2D eigenvalue weighted by molar-refractivity contribution is 0.589. The molecule has 0 radical (unpaired) electrons. The van der Waals surface area contributed by atoms with Gasteiger partial charge in [0.2, 0.25) is 0 Å². The molecule has 0 saturated heterocycles. The number of aromatic nitrogens is 1. The van der Waals surface area contributed by atoms with Crippen LogP contribution in [-0.2, 0) is 21.7 Å². The zero-order chi connectivity index (χ0) is 45.1. The highest BCUT2D eigenvalue weighted by molar-refractivity contribution is 6.90. The Balaban J connectivity index is 1.44. The molecule has 3 heterocycles. The van der Waals surface area contributed by atoms with Gasteiger partial charge in [-0.3, -0.25) is 4.90 Å². The van der Waals surface area contributed by atoms with E-state index in [0.717, 1.165) is 11.4 Å². The Labute approximate surface area is 382 Å². The molecule has 0 atom stereocenters. The van der Waals surface area contributed by atoms with Crippen LogP contribution < -0.4 is 20.7 Å². The summed E-state index contributed by atoms with van der Waals surface area (Å²) in [6.07, 6.45) is 0. The largest absolute Gasteiger partial charge is 0.361 e. The predicted octanol–water partition coefficient (Wildman–Crippen LogP) is 15.4. The molecule has 1 aromatic heterocycles. The van der Waals surface area contributed by atoms with Gasteiger partial charge in [-0.15, -0.1) is 0 Å². The molecule has 0 saturated carbocycles. The quantitative estimate of drug-likeness (QED) is 0.160. The van der Waals surface area contributed by atoms with Gasteiger partial charge in [0.25, 0.3) is 0 Å². The minimum absolute atomic E-state index is 0.0425. The molecule has 0 amide bonds. The van der Waals surface area contributed by atoms with Crippen molar-refractivity contribution in [2.45, 2.75) is 105 Å². The van der Waals surface area contributed by atoms with E-state index in [9.17, 15) is 0 Å². The molecular formula is C60H62BN3. The van der Waals surface area contributed by atoms with Gasteiger partial charge in [-0.2, -0.15) is 0 Å². The third-order valence-electron chi connectivity index (χ3n) is 13.7. The normalized spacial score (nSPS) is 13.6. The summed E-state index contributed by atoms with van der Waals surface area (Å²) in [4.78, 5) is 5.12. The highest BCUT2D eigenvalue weighted by atomic mass is 15.2. The number of hydrogen-bond donors (Lipinski definition) is 0. The van der Waals surface area contributed by atoms with Gasteiger partial charge >= 0.3 is 6.85 Å². The van der Waals surface area contributed by atoms with Crippen LogP contribution in [0.2, 0.25) is 0 Å². The summed E-state index contributed by atoms with van der Waals surface area (Å²) in [5, 5.41) is 1.28. The average molecular weight is 836 g/mol. The maximum absolute atomic E-state index is 2.76. The average Bonchev–Trinajstić information content (AvgIpc) is 3.59. The van der Waals surface area contributed by atoms with E-state index in [1.807, 2.05) is 0 Å². The van der Waals surface area contributed by atoms with E-state index >= 15 is 0 Å². The first-order valence-corrected chi connectivity index (χ1v) is 23.2. The molecule has 3 nitrogen and oxygen atoms in total. The molecule has 0 unspecified atom stereocenters. The Morgan fingerprint density at radius 1 is 0.438 bits per heavy atom. The lowest BCUT2D eigenvalue weighted by atomic mass is 9.44. The highest BCUT2D eigenvalue weighted by Gasteiger charge is 2.46. The first kappa shape index (κ1) is 41.7. The summed E-state index contributed by atoms with van der Waals surface area (Å²) in [7, 11) is 0. The van der Waals surface area contributed by atoms with Crippen molar-refractivity contribution in [1.29, 1.82) is 0 Å². The number of benzene rings is 7. The Kier molecular flexibility index (Phi) is 9.55. The summed E-state index contributed by atoms with van der Waals surface area (Å²) in [5.74, 6) is 1.17. The lowest BCUT2D eigenvalue weighted by Gasteiger charge is -2.43. The Morgan fingerprint density at radius 3 is 1.48 bits per heavy atom. The fourth-order valence-electron chi connectivity index (χ4n) is 10.1. The van der Waals surface area contributed by atoms with Gasteiger partial charge in [-0.05, 0) is 127 Å². The van der Waals surface area contributed by atoms with Gasteiger partial charge in [-0.1, -0.05) is 180 Å². The molecule has 0 spiro atoms. The first-order chi connectivity index (χ1) is 30.3. The fourth-order valence-corrected chi connectivity index (χ4v) is 10.1. The second-order valence-electron chi connectivity index (χ2n) is 22.4. The van der Waals surface area contributed by atoms with Gasteiger partial charge in [0.1, 0.15) is 5.82 Å². The second kappa shape index (κ2) is 14.6. The minimum Gasteiger partial charge on any atom is -0.361 e. The third kappa shape index (κ3) is 6.80. The van der Waals surface area contributed by atoms with Crippen LogP contribution in [0.4, 0.5) is 34.3 Å². The smallest absolute Gasteiger partial charge is 0.334 e. The van der Waals surface area contributed by atoms with Crippen LogP contribution in [0.25, 0.3) is 33.2 Å². The van der Waals surface area contributed by atoms with Gasteiger partial charge in [0, 0.05) is 50.5 Å². The summed E-state index contributed by atoms with van der Waals surface area (Å²) < 4.78 is 2.76. The van der Waals surface area contributed by atoms with Gasteiger partial charge < -0.3 is 9.38 Å². The number of hydrogen-bond acceptors (Lipinski definition) is 2. The second-order valence-corrected chi connectivity index (χ2v) is 22.4. The van der Waals surface area contributed by atoms with Crippen LogP contribution in [0.3, 0.4) is 0 Å². The van der Waals surface area contributed by atoms with Crippen molar-refractivity contribution >= 4 is 62.9 Å². The number of fused-ring (bicyclic) bond motifs is 4. The van der Waals surface area contributed by atoms with E-state index in [1.165, 1.54) is 89.2 Å². The van der Waals surface area contributed by atoms with Crippen molar-refractivity contribution in [2.75, 3.05) is 9.80 Å². The maximum atomic E-state index is 2.76. The topological polar surface area (TPSA) is 11.4 Å². The van der Waals surface area contributed by atoms with E-state index in [-0.39, 0.29) is 28.5 Å². The molecule has 8 aromatic rings. The van der Waals surface area contributed by atoms with E-state index in [1.54, 1.807) is 0 Å². The van der Waals surface area contributed by atoms with Crippen molar-refractivity contribution in [3.05, 3.63) is 180 Å². The molecule has 0 bridgehead atoms. The Morgan fingerprint density at radius 2 is 0.938 bits per heavy atom. The maximum Gasteiger partial charge on any atom is 0.334 e. The van der Waals surface area contributed by atoms with Crippen LogP contribution in [0.15, 0.2) is 158 Å². The number of rotatable bonds is 5. The van der Waals surface area contributed by atoms with E-state index < -0.39 is 0 Å². The van der Waals surface area contributed by atoms with Crippen molar-refractivity contribution < 1.29 is 0 Å². The molecular weight excluding hydrogens is 773 g/mol. The third-order valence-corrected chi connectivity index (χ3v) is 13.7. The zero-order valence-corrected chi connectivity index (χ0v) is 39.9. The molecule has 0 N–H and O–H groups in total. The highest BCUT2D eigenvalue weighted by Crippen LogP contribution is 2.54. The molecule has 2 aliphatic rings. The first-order valence-electron chi connectivity index (χ1n) is 23.2. The van der Waals surface area contributed by atoms with Crippen molar-refractivity contribution in [2.24, 2.45) is 0 Å². The minimum atomic E-state index is -0.140. The van der Waals surface area contributed by atoms with E-state index in [0.29, 0.717) is 0 Å². The van der Waals surface area contributed by atoms with Crippen molar-refractivity contribution in [3.63, 3.8) is 0 Å². The van der Waals surface area contributed by atoms with Gasteiger partial charge in [-0.25, -0.2) is 0 Å². The number of anilines is 6. The Hall–Kier alpha value is -6.26. The molecule has 7 aromatic carbocycles. The van der Waals surface area contributed by atoms with Crippen molar-refractivity contribution in [3.8, 4) is 22.3 Å². The number of nitrogens with zero attached hydrogens (tertiary/aromatic N) is 3. The zero-order valence-electron chi connectivity index (χ0n) is 39.9. The monoisotopic (exact) mass is 836 g/mol. The lowest BCUT2D eigenvalue weighted by Crippen LogP contribution is -2.57. The summed E-state index contributed by atoms with van der Waals surface area (Å²) in [6.45, 7) is 28.0. The van der Waals surface area contributed by atoms with Gasteiger partial charge in [0.15, 0.2) is 0 Å². The summed E-state index contributed by atoms with van der Waals surface area (Å²) in [6, 6.07) is 60.0. The SMILES string of the molecule is CC(C)(C)c1ccc(N2c3ccc(C(C)(C)C)cc3B3c4c(cc(C(C)(C)C)cc42)-c2cc(C(C)(C)C)cc4c(-c5ccccc5)c(N(c5ccccc5)c5ccccc5)n3c24)cc1. The van der Waals surface area contributed by atoms with Crippen LogP contribution in [0.1, 0.15) is 105 Å². The van der Waals surface area contributed by atoms with Crippen LogP contribution in [0.5, 0.6) is 0 Å². The van der Waals surface area contributed by atoms with Gasteiger partial charge in [0.05, 0.1) is 0 Å².